The molecule has 0 aliphatic carbocycles. The van der Waals surface area contributed by atoms with Crippen molar-refractivity contribution in [3.63, 3.8) is 0 Å². The number of thiol groups is 1. The number of nitrogens with one attached hydrogen (secondary N) is 3. The SMILES string of the molecule is CO/[C]([Tl])=C/C=C(\C)c1cc(-c2ccccc2)[nH]c1C(=O)NCc1ccc(C(=O)Nc2ccccc2S)cc1. The van der Waals surface area contributed by atoms with Crippen molar-refractivity contribution in [2.24, 2.45) is 0 Å². The molecule has 194 valence electrons. The summed E-state index contributed by atoms with van der Waals surface area (Å²) in [4.78, 5) is 30.0. The van der Waals surface area contributed by atoms with Gasteiger partial charge in [-0.2, -0.15) is 0 Å². The van der Waals surface area contributed by atoms with Crippen LogP contribution in [-0.4, -0.2) is 49.7 Å². The summed E-state index contributed by atoms with van der Waals surface area (Å²) in [6.07, 6.45) is 3.92. The van der Waals surface area contributed by atoms with Gasteiger partial charge in [0.1, 0.15) is 0 Å². The Morgan fingerprint density at radius 2 is 1.64 bits per heavy atom. The molecule has 0 saturated heterocycles. The number of anilines is 1. The van der Waals surface area contributed by atoms with E-state index >= 15 is 0 Å². The molecule has 4 aromatic rings. The molecule has 0 unspecified atom stereocenters. The molecule has 0 fully saturated rings. The van der Waals surface area contributed by atoms with E-state index in [4.69, 9.17) is 4.74 Å². The predicted octanol–water partition coefficient (Wildman–Crippen LogP) is 6.21. The van der Waals surface area contributed by atoms with E-state index in [1.165, 1.54) is 0 Å². The molecule has 0 bridgehead atoms. The van der Waals surface area contributed by atoms with Gasteiger partial charge in [-0.1, -0.05) is 12.1 Å². The molecule has 39 heavy (non-hydrogen) atoms. The number of aromatic amines is 1. The second-order valence-corrected chi connectivity index (χ2v) is 11.5. The summed E-state index contributed by atoms with van der Waals surface area (Å²) in [6.45, 7) is 2.30. The van der Waals surface area contributed by atoms with Gasteiger partial charge in [0.2, 0.25) is 0 Å². The number of H-pyrrole nitrogens is 1. The number of methoxy groups -OCH3 is 1. The van der Waals surface area contributed by atoms with E-state index in [0.717, 1.165) is 31.3 Å². The molecule has 0 saturated carbocycles. The first kappa shape index (κ1) is 28.4. The van der Waals surface area contributed by atoms with Crippen molar-refractivity contribution in [2.45, 2.75) is 18.4 Å². The molecule has 3 aromatic carbocycles. The third kappa shape index (κ3) is 7.51. The Bertz CT molecular complexity index is 1530. The molecule has 4 rings (SSSR count). The number of amides is 2. The molecule has 0 radical (unpaired) electrons. The van der Waals surface area contributed by atoms with Crippen LogP contribution in [0.1, 0.15) is 38.9 Å². The fourth-order valence-corrected chi connectivity index (χ4v) is 4.49. The van der Waals surface area contributed by atoms with Crippen LogP contribution in [0, 0.1) is 0 Å². The van der Waals surface area contributed by atoms with E-state index in [9.17, 15) is 9.59 Å². The summed E-state index contributed by atoms with van der Waals surface area (Å²) in [5, 5.41) is 5.87. The number of hydrogen-bond donors (Lipinski definition) is 4. The molecule has 8 heteroatoms. The molecule has 0 aliphatic heterocycles. The van der Waals surface area contributed by atoms with Gasteiger partial charge in [0, 0.05) is 10.5 Å². The number of para-hydroxylation sites is 1. The summed E-state index contributed by atoms with van der Waals surface area (Å²) in [5.41, 5.74) is 6.18. The average Bonchev–Trinajstić information content (AvgIpc) is 3.42. The normalized spacial score (nSPS) is 11.6. The Balaban J connectivity index is 1.49. The number of carbonyl (C=O) groups excluding carboxylic acids is 2. The molecule has 0 spiro atoms. The van der Waals surface area contributed by atoms with Crippen LogP contribution in [0.25, 0.3) is 16.8 Å². The zero-order valence-corrected chi connectivity index (χ0v) is 27.1. The molecule has 1 heterocycles. The number of rotatable bonds is 9. The van der Waals surface area contributed by atoms with Gasteiger partial charge in [-0.15, -0.1) is 12.6 Å². The van der Waals surface area contributed by atoms with E-state index < -0.39 is 0 Å². The number of ether oxygens (including phenoxy) is 1. The second kappa shape index (κ2) is 13.5. The van der Waals surface area contributed by atoms with Crippen LogP contribution in [0.5, 0.6) is 0 Å². The average molecular weight is 727 g/mol. The Morgan fingerprint density at radius 3 is 2.33 bits per heavy atom. The minimum atomic E-state index is -0.222. The van der Waals surface area contributed by atoms with Gasteiger partial charge >= 0.3 is 182 Å². The van der Waals surface area contributed by atoms with Crippen LogP contribution in [0.15, 0.2) is 105 Å². The van der Waals surface area contributed by atoms with Gasteiger partial charge in [0.15, 0.2) is 0 Å². The van der Waals surface area contributed by atoms with Crippen LogP contribution in [0.4, 0.5) is 5.69 Å². The van der Waals surface area contributed by atoms with Gasteiger partial charge in [0.25, 0.3) is 5.91 Å². The monoisotopic (exact) mass is 727 g/mol. The Labute approximate surface area is 249 Å². The van der Waals surface area contributed by atoms with Gasteiger partial charge in [0.05, 0.1) is 5.69 Å². The number of hydrogen-bond acceptors (Lipinski definition) is 4. The van der Waals surface area contributed by atoms with Crippen LogP contribution >= 0.6 is 12.6 Å². The molecule has 0 atom stereocenters. The summed E-state index contributed by atoms with van der Waals surface area (Å²) in [7, 11) is 1.66. The third-order valence-corrected chi connectivity index (χ3v) is 8.16. The maximum absolute atomic E-state index is 13.3. The summed E-state index contributed by atoms with van der Waals surface area (Å²) in [6, 6.07) is 26.4. The first-order valence-corrected chi connectivity index (χ1v) is 15.0. The number of carbonyl (C=O) groups is 2. The number of benzene rings is 3. The van der Waals surface area contributed by atoms with Crippen LogP contribution in [0.3, 0.4) is 0 Å². The maximum atomic E-state index is 13.3. The molecule has 0 aliphatic rings. The molecule has 6 nitrogen and oxygen atoms in total. The first-order chi connectivity index (χ1) is 18.9. The Morgan fingerprint density at radius 1 is 0.949 bits per heavy atom. The number of aromatic nitrogens is 1. The summed E-state index contributed by atoms with van der Waals surface area (Å²) in [5.74, 6) is -0.435. The van der Waals surface area contributed by atoms with Gasteiger partial charge < -0.3 is 5.32 Å². The number of allylic oxidation sites excluding steroid dienone is 3. The van der Waals surface area contributed by atoms with E-state index in [2.05, 4.69) is 28.2 Å². The van der Waals surface area contributed by atoms with E-state index in [-0.39, 0.29) is 11.8 Å². The first-order valence-electron chi connectivity index (χ1n) is 12.3. The molecule has 1 aromatic heterocycles. The van der Waals surface area contributed by atoms with Gasteiger partial charge in [-0.3, -0.25) is 4.79 Å². The quantitative estimate of drug-likeness (QED) is 0.0717. The second-order valence-electron chi connectivity index (χ2n) is 8.81. The van der Waals surface area contributed by atoms with Crippen LogP contribution in [-0.2, 0) is 11.3 Å². The Kier molecular flexibility index (Phi) is 9.83. The minimum absolute atomic E-state index is 0.212. The van der Waals surface area contributed by atoms with Gasteiger partial charge in [-0.05, 0) is 12.1 Å². The van der Waals surface area contributed by atoms with Crippen molar-refractivity contribution in [1.29, 1.82) is 0 Å². The van der Waals surface area contributed by atoms with Crippen molar-refractivity contribution in [3.05, 3.63) is 123 Å². The summed E-state index contributed by atoms with van der Waals surface area (Å²) < 4.78 is 6.25. The molecular formula is C31H28N3O3STl. The van der Waals surface area contributed by atoms with E-state index in [1.807, 2.05) is 85.8 Å². The van der Waals surface area contributed by atoms with Gasteiger partial charge in [-0.25, -0.2) is 0 Å². The van der Waals surface area contributed by atoms with Crippen LogP contribution in [0.2, 0.25) is 0 Å². The van der Waals surface area contributed by atoms with Crippen molar-refractivity contribution in [3.8, 4) is 11.3 Å². The van der Waals surface area contributed by atoms with Crippen molar-refractivity contribution in [1.82, 2.24) is 10.3 Å². The van der Waals surface area contributed by atoms with E-state index in [0.29, 0.717) is 54.2 Å². The summed E-state index contributed by atoms with van der Waals surface area (Å²) >= 11 is 4.96. The molecule has 2 amide bonds. The topological polar surface area (TPSA) is 83.2 Å². The zero-order chi connectivity index (χ0) is 27.8. The van der Waals surface area contributed by atoms with Crippen molar-refractivity contribution >= 4 is 61.5 Å². The fraction of sp³-hybridized carbons (Fsp3) is 0.0968. The van der Waals surface area contributed by atoms with Crippen LogP contribution < -0.4 is 10.6 Å². The van der Waals surface area contributed by atoms with Crippen molar-refractivity contribution < 1.29 is 14.3 Å². The molecule has 3 N–H and O–H groups in total. The van der Waals surface area contributed by atoms with Crippen molar-refractivity contribution in [2.75, 3.05) is 12.4 Å². The zero-order valence-electron chi connectivity index (χ0n) is 21.7. The molecular weight excluding hydrogens is 699 g/mol. The fourth-order valence-electron chi connectivity index (χ4n) is 3.90. The standard InChI is InChI=1S/C31H28N3O3S.Tl/c1-21(9-8-18-37-2)25-19-27(23-10-4-3-5-11-23)33-29(25)31(36)32-20-22-14-16-24(17-15-22)30(35)34-26-12-6-7-13-28(26)38;/h3-17,19,33,38H,20H2,1-2H3,(H,32,36)(H,34,35);/b18-8?,21-9+;. The third-order valence-electron chi connectivity index (χ3n) is 6.11. The predicted molar refractivity (Wildman–Crippen MR) is 160 cm³/mol. The van der Waals surface area contributed by atoms with E-state index in [1.54, 1.807) is 25.3 Å². The Hall–Kier alpha value is -3.57.